The van der Waals surface area contributed by atoms with E-state index in [2.05, 4.69) is 4.90 Å². The number of rotatable bonds is 4. The van der Waals surface area contributed by atoms with Gasteiger partial charge < -0.3 is 9.64 Å². The molecule has 1 rings (SSSR count). The van der Waals surface area contributed by atoms with Gasteiger partial charge in [-0.1, -0.05) is 26.2 Å². The van der Waals surface area contributed by atoms with Gasteiger partial charge in [-0.05, 0) is 32.9 Å². The van der Waals surface area contributed by atoms with Crippen molar-refractivity contribution in [3.8, 4) is 0 Å². The van der Waals surface area contributed by atoms with Gasteiger partial charge in [-0.3, -0.25) is 4.79 Å². The van der Waals surface area contributed by atoms with Crippen molar-refractivity contribution in [3.63, 3.8) is 0 Å². The van der Waals surface area contributed by atoms with Crippen molar-refractivity contribution < 1.29 is 9.53 Å². The molecule has 16 heavy (non-hydrogen) atoms. The molecule has 0 spiro atoms. The van der Waals surface area contributed by atoms with E-state index in [-0.39, 0.29) is 11.9 Å². The molecule has 1 aliphatic heterocycles. The van der Waals surface area contributed by atoms with Crippen LogP contribution in [-0.2, 0) is 9.53 Å². The molecule has 3 heteroatoms. The maximum absolute atomic E-state index is 11.5. The van der Waals surface area contributed by atoms with E-state index in [0.29, 0.717) is 6.61 Å². The lowest BCUT2D eigenvalue weighted by atomic mass is 10.1. The van der Waals surface area contributed by atoms with Crippen molar-refractivity contribution in [2.24, 2.45) is 5.92 Å². The highest BCUT2D eigenvalue weighted by Gasteiger charge is 2.18. The summed E-state index contributed by atoms with van der Waals surface area (Å²) >= 11 is 0. The van der Waals surface area contributed by atoms with Crippen molar-refractivity contribution in [1.82, 2.24) is 4.90 Å². The van der Waals surface area contributed by atoms with Crippen LogP contribution in [0.2, 0.25) is 0 Å². The summed E-state index contributed by atoms with van der Waals surface area (Å²) in [5.74, 6) is -0.0380. The molecule has 0 bridgehead atoms. The largest absolute Gasteiger partial charge is 0.466 e. The molecular weight excluding hydrogens is 202 g/mol. The van der Waals surface area contributed by atoms with E-state index in [9.17, 15) is 4.79 Å². The number of hydrogen-bond donors (Lipinski definition) is 0. The molecule has 0 aromatic rings. The zero-order valence-corrected chi connectivity index (χ0v) is 10.7. The molecule has 3 nitrogen and oxygen atoms in total. The Morgan fingerprint density at radius 1 is 1.19 bits per heavy atom. The monoisotopic (exact) mass is 227 g/mol. The third-order valence-corrected chi connectivity index (χ3v) is 3.17. The number of carbonyl (C=O) groups excluding carboxylic acids is 1. The molecule has 1 heterocycles. The van der Waals surface area contributed by atoms with Gasteiger partial charge in [0.15, 0.2) is 0 Å². The molecule has 0 aliphatic carbocycles. The van der Waals surface area contributed by atoms with E-state index in [1.807, 2.05) is 13.8 Å². The number of carbonyl (C=O) groups is 1. The predicted octanol–water partition coefficient (Wildman–Crippen LogP) is 2.45. The molecule has 94 valence electrons. The first-order valence-electron chi connectivity index (χ1n) is 6.63. The molecule has 0 N–H and O–H groups in total. The lowest BCUT2D eigenvalue weighted by Crippen LogP contribution is -2.34. The van der Waals surface area contributed by atoms with Gasteiger partial charge >= 0.3 is 5.97 Å². The average molecular weight is 227 g/mol. The predicted molar refractivity (Wildman–Crippen MR) is 65.3 cm³/mol. The summed E-state index contributed by atoms with van der Waals surface area (Å²) in [5.41, 5.74) is 0. The van der Waals surface area contributed by atoms with Gasteiger partial charge in [0, 0.05) is 6.54 Å². The molecule has 1 unspecified atom stereocenters. The highest BCUT2D eigenvalue weighted by atomic mass is 16.5. The average Bonchev–Trinajstić information content (AvgIpc) is 2.22. The first kappa shape index (κ1) is 13.5. The lowest BCUT2D eigenvalue weighted by Gasteiger charge is -2.26. The van der Waals surface area contributed by atoms with Crippen LogP contribution in [0.25, 0.3) is 0 Å². The van der Waals surface area contributed by atoms with Gasteiger partial charge in [0.05, 0.1) is 12.5 Å². The molecule has 0 aromatic heterocycles. The Morgan fingerprint density at radius 2 is 1.75 bits per heavy atom. The van der Waals surface area contributed by atoms with Crippen molar-refractivity contribution in [1.29, 1.82) is 0 Å². The van der Waals surface area contributed by atoms with Crippen LogP contribution < -0.4 is 0 Å². The first-order valence-corrected chi connectivity index (χ1v) is 6.63. The van der Waals surface area contributed by atoms with Crippen molar-refractivity contribution >= 4 is 5.97 Å². The topological polar surface area (TPSA) is 29.5 Å². The first-order chi connectivity index (χ1) is 7.74. The highest BCUT2D eigenvalue weighted by Crippen LogP contribution is 2.12. The summed E-state index contributed by atoms with van der Waals surface area (Å²) < 4.78 is 5.04. The molecule has 1 aliphatic rings. The fourth-order valence-corrected chi connectivity index (χ4v) is 2.24. The maximum atomic E-state index is 11.5. The van der Waals surface area contributed by atoms with Gasteiger partial charge in [0.1, 0.15) is 0 Å². The third kappa shape index (κ3) is 4.97. The SMILES string of the molecule is CCOC(=O)C(C)CN1CCCCCCC1. The fourth-order valence-electron chi connectivity index (χ4n) is 2.24. The standard InChI is InChI=1S/C13H25NO2/c1-3-16-13(15)12(2)11-14-9-7-5-4-6-8-10-14/h12H,3-11H2,1-2H3. The van der Waals surface area contributed by atoms with E-state index in [4.69, 9.17) is 4.74 Å². The Hall–Kier alpha value is -0.570. The van der Waals surface area contributed by atoms with Crippen LogP contribution in [0.1, 0.15) is 46.0 Å². The molecule has 1 atom stereocenters. The smallest absolute Gasteiger partial charge is 0.309 e. The van der Waals surface area contributed by atoms with Crippen LogP contribution in [0.5, 0.6) is 0 Å². The van der Waals surface area contributed by atoms with Gasteiger partial charge in [-0.25, -0.2) is 0 Å². The summed E-state index contributed by atoms with van der Waals surface area (Å²) in [7, 11) is 0. The molecule has 1 fully saturated rings. The van der Waals surface area contributed by atoms with E-state index in [1.165, 1.54) is 32.1 Å². The molecule has 0 saturated carbocycles. The van der Waals surface area contributed by atoms with E-state index in [1.54, 1.807) is 0 Å². The summed E-state index contributed by atoms with van der Waals surface area (Å²) in [4.78, 5) is 13.9. The second-order valence-electron chi connectivity index (χ2n) is 4.72. The number of nitrogens with zero attached hydrogens (tertiary/aromatic N) is 1. The zero-order chi connectivity index (χ0) is 11.8. The van der Waals surface area contributed by atoms with Crippen LogP contribution in [0, 0.1) is 5.92 Å². The normalized spacial score (nSPS) is 20.9. The minimum atomic E-state index is -0.0513. The van der Waals surface area contributed by atoms with Crippen LogP contribution in [0.3, 0.4) is 0 Å². The number of hydrogen-bond acceptors (Lipinski definition) is 3. The number of esters is 1. The molecule has 0 aromatic carbocycles. The Kier molecular flexibility index (Phi) is 6.46. The van der Waals surface area contributed by atoms with Gasteiger partial charge in [0.25, 0.3) is 0 Å². The quantitative estimate of drug-likeness (QED) is 0.691. The van der Waals surface area contributed by atoms with E-state index < -0.39 is 0 Å². The number of likely N-dealkylation sites (tertiary alicyclic amines) is 1. The fraction of sp³-hybridized carbons (Fsp3) is 0.923. The van der Waals surface area contributed by atoms with Crippen LogP contribution in [-0.4, -0.2) is 37.1 Å². The van der Waals surface area contributed by atoms with Crippen molar-refractivity contribution in [3.05, 3.63) is 0 Å². The minimum Gasteiger partial charge on any atom is -0.466 e. The minimum absolute atomic E-state index is 0.0133. The van der Waals surface area contributed by atoms with Crippen LogP contribution >= 0.6 is 0 Å². The summed E-state index contributed by atoms with van der Waals surface area (Å²) in [6.45, 7) is 7.47. The molecule has 0 radical (unpaired) electrons. The van der Waals surface area contributed by atoms with E-state index in [0.717, 1.165) is 19.6 Å². The Balaban J connectivity index is 2.29. The zero-order valence-electron chi connectivity index (χ0n) is 10.7. The van der Waals surface area contributed by atoms with Gasteiger partial charge in [-0.2, -0.15) is 0 Å². The van der Waals surface area contributed by atoms with Crippen molar-refractivity contribution in [2.45, 2.75) is 46.0 Å². The summed E-state index contributed by atoms with van der Waals surface area (Å²) in [6.07, 6.45) is 6.60. The summed E-state index contributed by atoms with van der Waals surface area (Å²) in [6, 6.07) is 0. The van der Waals surface area contributed by atoms with Crippen LogP contribution in [0.4, 0.5) is 0 Å². The Labute approximate surface area is 99.1 Å². The second-order valence-corrected chi connectivity index (χ2v) is 4.72. The van der Waals surface area contributed by atoms with Crippen LogP contribution in [0.15, 0.2) is 0 Å². The Bertz CT molecular complexity index is 198. The summed E-state index contributed by atoms with van der Waals surface area (Å²) in [5, 5.41) is 0. The second kappa shape index (κ2) is 7.66. The van der Waals surface area contributed by atoms with E-state index >= 15 is 0 Å². The molecule has 0 amide bonds. The Morgan fingerprint density at radius 3 is 2.31 bits per heavy atom. The molecular formula is C13H25NO2. The molecule has 1 saturated heterocycles. The van der Waals surface area contributed by atoms with Crippen molar-refractivity contribution in [2.75, 3.05) is 26.2 Å². The lowest BCUT2D eigenvalue weighted by molar-refractivity contribution is -0.148. The van der Waals surface area contributed by atoms with Gasteiger partial charge in [-0.15, -0.1) is 0 Å². The maximum Gasteiger partial charge on any atom is 0.309 e. The van der Waals surface area contributed by atoms with Gasteiger partial charge in [0.2, 0.25) is 0 Å². The third-order valence-electron chi connectivity index (χ3n) is 3.17. The highest BCUT2D eigenvalue weighted by molar-refractivity contribution is 5.72. The number of ether oxygens (including phenoxy) is 1.